The molecule has 0 aliphatic carbocycles. The Kier molecular flexibility index (Phi) is 3.55. The maximum absolute atomic E-state index is 12.9. The van der Waals surface area contributed by atoms with E-state index in [1.54, 1.807) is 15.8 Å². The quantitative estimate of drug-likeness (QED) is 0.913. The second-order valence-electron chi connectivity index (χ2n) is 4.99. The van der Waals surface area contributed by atoms with Crippen LogP contribution in [0, 0.1) is 0 Å². The van der Waals surface area contributed by atoms with Crippen LogP contribution in [-0.4, -0.2) is 45.0 Å². The Labute approximate surface area is 117 Å². The van der Waals surface area contributed by atoms with Crippen LogP contribution in [0.1, 0.15) is 19.3 Å². The number of ether oxygens (including phenoxy) is 1. The molecule has 0 spiro atoms. The molecule has 2 fully saturated rings. The highest BCUT2D eigenvalue weighted by Gasteiger charge is 2.44. The van der Waals surface area contributed by atoms with Crippen molar-refractivity contribution in [2.24, 2.45) is 0 Å². The van der Waals surface area contributed by atoms with E-state index < -0.39 is 10.0 Å². The molecule has 2 saturated heterocycles. The molecule has 2 aliphatic heterocycles. The molecule has 1 aromatic heterocycles. The zero-order valence-corrected chi connectivity index (χ0v) is 12.5. The number of hydrogen-bond donors (Lipinski definition) is 1. The Morgan fingerprint density at radius 3 is 2.95 bits per heavy atom. The van der Waals surface area contributed by atoms with E-state index >= 15 is 0 Å². The Balaban J connectivity index is 2.00. The lowest BCUT2D eigenvalue weighted by Gasteiger charge is -2.26. The summed E-state index contributed by atoms with van der Waals surface area (Å²) in [5.74, 6) is 0.460. The fraction of sp³-hybridized carbons (Fsp3) is 0.667. The Morgan fingerprint density at radius 1 is 1.37 bits per heavy atom. The normalized spacial score (nSPS) is 28.3. The topological polar surface area (TPSA) is 58.6 Å². The summed E-state index contributed by atoms with van der Waals surface area (Å²) in [6.07, 6.45) is 2.81. The molecule has 2 aliphatic rings. The predicted octanol–water partition coefficient (Wildman–Crippen LogP) is 1.27. The molecular formula is C12H18N2O3S2. The molecule has 3 rings (SSSR count). The van der Waals surface area contributed by atoms with E-state index in [1.807, 2.05) is 0 Å². The number of hydrogen-bond acceptors (Lipinski definition) is 5. The first-order valence-corrected chi connectivity index (χ1v) is 8.82. The molecule has 0 saturated carbocycles. The van der Waals surface area contributed by atoms with Gasteiger partial charge in [-0.2, -0.15) is 4.31 Å². The lowest BCUT2D eigenvalue weighted by Crippen LogP contribution is -2.42. The van der Waals surface area contributed by atoms with Crippen LogP contribution >= 0.6 is 11.3 Å². The van der Waals surface area contributed by atoms with Crippen molar-refractivity contribution in [2.45, 2.75) is 35.6 Å². The summed E-state index contributed by atoms with van der Waals surface area (Å²) in [6, 6.07) is 1.94. The van der Waals surface area contributed by atoms with E-state index in [1.165, 1.54) is 18.4 Å². The van der Waals surface area contributed by atoms with Gasteiger partial charge in [0.25, 0.3) is 10.0 Å². The van der Waals surface area contributed by atoms with Gasteiger partial charge in [-0.3, -0.25) is 0 Å². The Hall–Kier alpha value is -0.630. The highest BCUT2D eigenvalue weighted by atomic mass is 32.2. The van der Waals surface area contributed by atoms with Gasteiger partial charge in [0.2, 0.25) is 0 Å². The van der Waals surface area contributed by atoms with Gasteiger partial charge in [0.15, 0.2) is 4.21 Å². The summed E-state index contributed by atoms with van der Waals surface area (Å²) in [7, 11) is -1.92. The molecule has 19 heavy (non-hydrogen) atoms. The molecule has 1 N–H and O–H groups in total. The van der Waals surface area contributed by atoms with Gasteiger partial charge in [-0.15, -0.1) is 11.3 Å². The zero-order chi connectivity index (χ0) is 13.5. The summed E-state index contributed by atoms with van der Waals surface area (Å²) in [5.41, 5.74) is 0. The Bertz CT molecular complexity index is 541. The van der Waals surface area contributed by atoms with Crippen LogP contribution in [0.4, 0.5) is 0 Å². The number of methoxy groups -OCH3 is 1. The largest absolute Gasteiger partial charge is 0.494 e. The van der Waals surface area contributed by atoms with Crippen molar-refractivity contribution in [3.05, 3.63) is 11.4 Å². The van der Waals surface area contributed by atoms with Gasteiger partial charge in [-0.05, 0) is 37.3 Å². The van der Waals surface area contributed by atoms with Gasteiger partial charge in [-0.1, -0.05) is 0 Å². The van der Waals surface area contributed by atoms with E-state index in [0.29, 0.717) is 9.96 Å². The van der Waals surface area contributed by atoms with Gasteiger partial charge in [0, 0.05) is 18.6 Å². The second-order valence-corrected chi connectivity index (χ2v) is 7.94. The van der Waals surface area contributed by atoms with Crippen molar-refractivity contribution in [1.82, 2.24) is 9.62 Å². The molecule has 106 valence electrons. The molecule has 2 atom stereocenters. The first kappa shape index (κ1) is 13.4. The minimum atomic E-state index is -3.43. The summed E-state index contributed by atoms with van der Waals surface area (Å²) in [6.45, 7) is 1.65. The molecule has 5 nitrogen and oxygen atoms in total. The molecule has 2 bridgehead atoms. The van der Waals surface area contributed by atoms with Crippen LogP contribution in [0.25, 0.3) is 0 Å². The molecule has 0 radical (unpaired) electrons. The molecular weight excluding hydrogens is 284 g/mol. The first-order chi connectivity index (χ1) is 9.14. The summed E-state index contributed by atoms with van der Waals surface area (Å²) >= 11 is 1.24. The maximum Gasteiger partial charge on any atom is 0.256 e. The molecule has 0 aromatic carbocycles. The van der Waals surface area contributed by atoms with E-state index in [9.17, 15) is 8.42 Å². The van der Waals surface area contributed by atoms with E-state index in [4.69, 9.17) is 4.74 Å². The van der Waals surface area contributed by atoms with Gasteiger partial charge in [0.1, 0.15) is 5.75 Å². The average molecular weight is 302 g/mol. The number of rotatable bonds is 3. The van der Waals surface area contributed by atoms with Crippen molar-refractivity contribution >= 4 is 21.4 Å². The van der Waals surface area contributed by atoms with Crippen LogP contribution in [-0.2, 0) is 10.0 Å². The van der Waals surface area contributed by atoms with Crippen LogP contribution in [0.15, 0.2) is 15.7 Å². The smallest absolute Gasteiger partial charge is 0.256 e. The van der Waals surface area contributed by atoms with Gasteiger partial charge in [-0.25, -0.2) is 8.42 Å². The number of nitrogens with zero attached hydrogens (tertiary/aromatic N) is 1. The van der Waals surface area contributed by atoms with Crippen molar-refractivity contribution in [1.29, 1.82) is 0 Å². The maximum atomic E-state index is 12.9. The summed E-state index contributed by atoms with van der Waals surface area (Å²) in [5, 5.41) is 5.09. The third-order valence-corrected chi connectivity index (χ3v) is 7.34. The van der Waals surface area contributed by atoms with Gasteiger partial charge in [0.05, 0.1) is 7.11 Å². The number of fused-ring (bicyclic) bond motifs is 2. The Morgan fingerprint density at radius 2 is 2.16 bits per heavy atom. The highest BCUT2D eigenvalue weighted by Crippen LogP contribution is 2.38. The van der Waals surface area contributed by atoms with Crippen LogP contribution in [0.5, 0.6) is 5.75 Å². The lowest BCUT2D eigenvalue weighted by atomic mass is 10.1. The number of nitrogens with one attached hydrogen (secondary N) is 1. The summed E-state index contributed by atoms with van der Waals surface area (Å²) in [4.78, 5) is 0. The minimum Gasteiger partial charge on any atom is -0.494 e. The molecule has 0 amide bonds. The lowest BCUT2D eigenvalue weighted by molar-refractivity contribution is 0.332. The van der Waals surface area contributed by atoms with Gasteiger partial charge < -0.3 is 10.1 Å². The van der Waals surface area contributed by atoms with E-state index in [0.717, 1.165) is 32.4 Å². The third kappa shape index (κ3) is 2.18. The van der Waals surface area contributed by atoms with Crippen LogP contribution in [0.3, 0.4) is 0 Å². The van der Waals surface area contributed by atoms with E-state index in [-0.39, 0.29) is 12.1 Å². The molecule has 3 heterocycles. The second kappa shape index (κ2) is 5.05. The standard InChI is InChI=1S/C12H18N2O3S2/c1-17-11-5-7-18-12(11)19(15,16)14-9-2-3-10(14)8-13-6-4-9/h5,7,9-10,13H,2-4,6,8H2,1H3. The van der Waals surface area contributed by atoms with Crippen molar-refractivity contribution in [3.8, 4) is 5.75 Å². The zero-order valence-electron chi connectivity index (χ0n) is 10.8. The molecule has 7 heteroatoms. The average Bonchev–Trinajstić information content (AvgIpc) is 2.93. The van der Waals surface area contributed by atoms with Crippen LogP contribution in [0.2, 0.25) is 0 Å². The minimum absolute atomic E-state index is 0.0873. The first-order valence-electron chi connectivity index (χ1n) is 6.50. The van der Waals surface area contributed by atoms with Crippen LogP contribution < -0.4 is 10.1 Å². The monoisotopic (exact) mass is 302 g/mol. The van der Waals surface area contributed by atoms with Crippen molar-refractivity contribution in [3.63, 3.8) is 0 Å². The SMILES string of the molecule is COc1ccsc1S(=O)(=O)N1C2CCNCC1CC2. The highest BCUT2D eigenvalue weighted by molar-refractivity contribution is 7.91. The van der Waals surface area contributed by atoms with E-state index in [2.05, 4.69) is 5.32 Å². The van der Waals surface area contributed by atoms with Crippen molar-refractivity contribution < 1.29 is 13.2 Å². The predicted molar refractivity (Wildman–Crippen MR) is 74.2 cm³/mol. The van der Waals surface area contributed by atoms with Crippen molar-refractivity contribution in [2.75, 3.05) is 20.2 Å². The molecule has 2 unspecified atom stereocenters. The third-order valence-electron chi connectivity index (χ3n) is 3.91. The number of sulfonamides is 1. The van der Waals surface area contributed by atoms with Gasteiger partial charge >= 0.3 is 0 Å². The molecule has 1 aromatic rings. The number of thiophene rings is 1. The fourth-order valence-electron chi connectivity index (χ4n) is 3.05. The summed E-state index contributed by atoms with van der Waals surface area (Å²) < 4.78 is 33.0. The fourth-order valence-corrected chi connectivity index (χ4v) is 6.32.